The summed E-state index contributed by atoms with van der Waals surface area (Å²) in [5, 5.41) is 13.5. The van der Waals surface area contributed by atoms with E-state index in [1.165, 1.54) is 0 Å². The van der Waals surface area contributed by atoms with Crippen LogP contribution in [-0.2, 0) is 4.74 Å². The molecule has 2 aromatic heterocycles. The number of morpholine rings is 1. The molecule has 3 heterocycles. The fourth-order valence-corrected chi connectivity index (χ4v) is 3.67. The maximum Gasteiger partial charge on any atom is 0.254 e. The zero-order valence-electron chi connectivity index (χ0n) is 12.3. The van der Waals surface area contributed by atoms with Crippen LogP contribution in [0.5, 0.6) is 0 Å². The Morgan fingerprint density at radius 2 is 2.32 bits per heavy atom. The molecule has 2 aliphatic rings. The van der Waals surface area contributed by atoms with Gasteiger partial charge in [-0.3, -0.25) is 4.79 Å². The topological polar surface area (TPSA) is 67.1 Å². The number of hydrogen-bond donors (Lipinski definition) is 1. The second-order valence-electron chi connectivity index (χ2n) is 6.11. The Morgan fingerprint density at radius 3 is 3.18 bits per heavy atom. The van der Waals surface area contributed by atoms with E-state index in [0.717, 1.165) is 18.4 Å². The predicted molar refractivity (Wildman–Crippen MR) is 79.6 cm³/mol. The molecule has 0 radical (unpaired) electrons. The van der Waals surface area contributed by atoms with Crippen molar-refractivity contribution < 1.29 is 14.6 Å². The Hall–Kier alpha value is -1.92. The average Bonchev–Trinajstić information content (AvgIpc) is 3.18. The van der Waals surface area contributed by atoms with Crippen LogP contribution in [0.2, 0.25) is 0 Å². The molecule has 2 fully saturated rings. The first-order valence-corrected chi connectivity index (χ1v) is 7.73. The summed E-state index contributed by atoms with van der Waals surface area (Å²) >= 11 is 0. The molecule has 1 aliphatic carbocycles. The Balaban J connectivity index is 1.60. The van der Waals surface area contributed by atoms with Crippen molar-refractivity contribution in [1.29, 1.82) is 0 Å². The highest BCUT2D eigenvalue weighted by Crippen LogP contribution is 2.34. The van der Waals surface area contributed by atoms with Gasteiger partial charge in [-0.2, -0.15) is 5.10 Å². The van der Waals surface area contributed by atoms with Crippen molar-refractivity contribution in [2.75, 3.05) is 19.8 Å². The van der Waals surface area contributed by atoms with Crippen LogP contribution in [0.4, 0.5) is 0 Å². The second kappa shape index (κ2) is 5.37. The smallest absolute Gasteiger partial charge is 0.254 e. The van der Waals surface area contributed by atoms with Crippen molar-refractivity contribution in [1.82, 2.24) is 14.5 Å². The van der Waals surface area contributed by atoms with E-state index in [1.54, 1.807) is 10.7 Å². The Labute approximate surface area is 128 Å². The van der Waals surface area contributed by atoms with Gasteiger partial charge in [-0.05, 0) is 37.0 Å². The number of hydrogen-bond acceptors (Lipinski definition) is 4. The standard InChI is InChI=1S/C16H19N3O3/c20-10-11-7-14-15(8-11)22-6-5-18(14)16(21)12-2-4-19-13(9-12)1-3-17-19/h1-4,9,11,14-15,20H,5-8,10H2/t11-,14+,15+/m1/s1. The maximum atomic E-state index is 12.9. The number of amides is 1. The highest BCUT2D eigenvalue weighted by atomic mass is 16.5. The first-order valence-electron chi connectivity index (χ1n) is 7.73. The number of rotatable bonds is 2. The van der Waals surface area contributed by atoms with Gasteiger partial charge in [-0.1, -0.05) is 0 Å². The van der Waals surface area contributed by atoms with E-state index in [-0.39, 0.29) is 30.6 Å². The normalized spacial score (nSPS) is 28.0. The summed E-state index contributed by atoms with van der Waals surface area (Å²) < 4.78 is 7.54. The van der Waals surface area contributed by atoms with E-state index in [0.29, 0.717) is 18.7 Å². The van der Waals surface area contributed by atoms with Gasteiger partial charge in [0.15, 0.2) is 0 Å². The average molecular weight is 301 g/mol. The summed E-state index contributed by atoms with van der Waals surface area (Å²) in [7, 11) is 0. The molecule has 0 aromatic carbocycles. The van der Waals surface area contributed by atoms with Crippen LogP contribution >= 0.6 is 0 Å². The number of aromatic nitrogens is 2. The van der Waals surface area contributed by atoms with E-state index in [2.05, 4.69) is 5.10 Å². The van der Waals surface area contributed by atoms with Crippen molar-refractivity contribution in [3.05, 3.63) is 36.2 Å². The van der Waals surface area contributed by atoms with E-state index < -0.39 is 0 Å². The summed E-state index contributed by atoms with van der Waals surface area (Å²) in [4.78, 5) is 14.8. The molecule has 0 spiro atoms. The van der Waals surface area contributed by atoms with Crippen LogP contribution in [0.3, 0.4) is 0 Å². The molecule has 0 unspecified atom stereocenters. The quantitative estimate of drug-likeness (QED) is 0.896. The highest BCUT2D eigenvalue weighted by molar-refractivity contribution is 5.95. The monoisotopic (exact) mass is 301 g/mol. The van der Waals surface area contributed by atoms with Crippen LogP contribution in [0.15, 0.2) is 30.6 Å². The molecule has 1 amide bonds. The summed E-state index contributed by atoms with van der Waals surface area (Å²) in [5.74, 6) is 0.279. The lowest BCUT2D eigenvalue weighted by molar-refractivity contribution is -0.0448. The zero-order chi connectivity index (χ0) is 15.1. The van der Waals surface area contributed by atoms with Crippen molar-refractivity contribution in [2.24, 2.45) is 5.92 Å². The van der Waals surface area contributed by atoms with E-state index in [4.69, 9.17) is 4.74 Å². The van der Waals surface area contributed by atoms with Crippen LogP contribution in [0.25, 0.3) is 5.52 Å². The summed E-state index contributed by atoms with van der Waals surface area (Å²) in [6.45, 7) is 1.35. The number of carbonyl (C=O) groups excluding carboxylic acids is 1. The Morgan fingerprint density at radius 1 is 1.41 bits per heavy atom. The van der Waals surface area contributed by atoms with Gasteiger partial charge in [0.25, 0.3) is 5.91 Å². The van der Waals surface area contributed by atoms with Crippen LogP contribution < -0.4 is 0 Å². The third kappa shape index (κ3) is 2.19. The first-order chi connectivity index (χ1) is 10.8. The number of aliphatic hydroxyl groups is 1. The fourth-order valence-electron chi connectivity index (χ4n) is 3.67. The van der Waals surface area contributed by atoms with Gasteiger partial charge in [-0.25, -0.2) is 4.52 Å². The minimum absolute atomic E-state index is 0.0422. The molecule has 1 aliphatic heterocycles. The molecule has 6 heteroatoms. The van der Waals surface area contributed by atoms with Gasteiger partial charge in [0.05, 0.1) is 24.3 Å². The van der Waals surface area contributed by atoms with Crippen LogP contribution in [0.1, 0.15) is 23.2 Å². The van der Waals surface area contributed by atoms with E-state index in [9.17, 15) is 9.90 Å². The second-order valence-corrected chi connectivity index (χ2v) is 6.11. The third-order valence-corrected chi connectivity index (χ3v) is 4.80. The fraction of sp³-hybridized carbons (Fsp3) is 0.500. The molecule has 3 atom stereocenters. The molecular formula is C16H19N3O3. The van der Waals surface area contributed by atoms with Crippen LogP contribution in [-0.4, -0.2) is 57.4 Å². The molecule has 22 heavy (non-hydrogen) atoms. The molecule has 116 valence electrons. The first kappa shape index (κ1) is 13.7. The number of pyridine rings is 1. The highest BCUT2D eigenvalue weighted by Gasteiger charge is 2.42. The molecule has 1 saturated heterocycles. The molecule has 4 rings (SSSR count). The molecule has 1 N–H and O–H groups in total. The van der Waals surface area contributed by atoms with Gasteiger partial charge in [-0.15, -0.1) is 0 Å². The van der Waals surface area contributed by atoms with Crippen LogP contribution in [0, 0.1) is 5.92 Å². The van der Waals surface area contributed by atoms with Crippen molar-refractivity contribution in [2.45, 2.75) is 25.0 Å². The zero-order valence-corrected chi connectivity index (χ0v) is 12.3. The molecule has 1 saturated carbocycles. The summed E-state index contributed by atoms with van der Waals surface area (Å²) in [6, 6.07) is 5.65. The largest absolute Gasteiger partial charge is 0.396 e. The van der Waals surface area contributed by atoms with Crippen molar-refractivity contribution >= 4 is 11.4 Å². The predicted octanol–water partition coefficient (Wildman–Crippen LogP) is 0.946. The lowest BCUT2D eigenvalue weighted by Gasteiger charge is -2.37. The number of nitrogens with zero attached hydrogens (tertiary/aromatic N) is 3. The maximum absolute atomic E-state index is 12.9. The minimum atomic E-state index is 0.0422. The Kier molecular flexibility index (Phi) is 3.35. The SMILES string of the molecule is O=C(c1ccn2nccc2c1)N1CCO[C@H]2C[C@H](CO)C[C@@H]21. The van der Waals surface area contributed by atoms with Gasteiger partial charge in [0.1, 0.15) is 0 Å². The van der Waals surface area contributed by atoms with E-state index >= 15 is 0 Å². The van der Waals surface area contributed by atoms with Crippen molar-refractivity contribution in [3.63, 3.8) is 0 Å². The Bertz CT molecular complexity index is 699. The summed E-state index contributed by atoms with van der Waals surface area (Å²) in [6.07, 6.45) is 5.26. The molecule has 0 bridgehead atoms. The number of ether oxygens (including phenoxy) is 1. The lowest BCUT2D eigenvalue weighted by Crippen LogP contribution is -2.51. The van der Waals surface area contributed by atoms with E-state index in [1.807, 2.05) is 29.3 Å². The number of carbonyl (C=O) groups is 1. The van der Waals surface area contributed by atoms with Gasteiger partial charge in [0.2, 0.25) is 0 Å². The minimum Gasteiger partial charge on any atom is -0.396 e. The van der Waals surface area contributed by atoms with Gasteiger partial charge >= 0.3 is 0 Å². The summed E-state index contributed by atoms with van der Waals surface area (Å²) in [5.41, 5.74) is 1.59. The van der Waals surface area contributed by atoms with Crippen molar-refractivity contribution in [3.8, 4) is 0 Å². The lowest BCUT2D eigenvalue weighted by atomic mass is 10.1. The van der Waals surface area contributed by atoms with Gasteiger partial charge < -0.3 is 14.7 Å². The van der Waals surface area contributed by atoms with Gasteiger partial charge in [0, 0.05) is 31.1 Å². The number of fused-ring (bicyclic) bond motifs is 2. The molecular weight excluding hydrogens is 282 g/mol. The number of aliphatic hydroxyl groups excluding tert-OH is 1. The molecule has 2 aromatic rings. The molecule has 6 nitrogen and oxygen atoms in total. The third-order valence-electron chi connectivity index (χ3n) is 4.80.